The lowest BCUT2D eigenvalue weighted by molar-refractivity contribution is -0.171. The molecule has 0 aromatic rings. The van der Waals surface area contributed by atoms with Gasteiger partial charge in [0.05, 0.1) is 32.7 Å². The summed E-state index contributed by atoms with van der Waals surface area (Å²) >= 11 is 0. The summed E-state index contributed by atoms with van der Waals surface area (Å²) in [6.45, 7) is 1.88. The molecule has 6 saturated carbocycles. The van der Waals surface area contributed by atoms with Crippen LogP contribution in [0.3, 0.4) is 0 Å². The second-order valence-electron chi connectivity index (χ2n) is 7.88. The van der Waals surface area contributed by atoms with Gasteiger partial charge in [-0.15, -0.1) is 0 Å². The minimum absolute atomic E-state index is 0.0331. The Labute approximate surface area is 133 Å². The van der Waals surface area contributed by atoms with E-state index in [-0.39, 0.29) is 47.0 Å². The van der Waals surface area contributed by atoms with Crippen LogP contribution in [-0.2, 0) is 28.6 Å². The molecule has 0 saturated heterocycles. The zero-order chi connectivity index (χ0) is 16.3. The Hall–Kier alpha value is -1.59. The molecule has 6 nitrogen and oxygen atoms in total. The summed E-state index contributed by atoms with van der Waals surface area (Å²) in [5.41, 5.74) is 0.0331. The summed E-state index contributed by atoms with van der Waals surface area (Å²) in [5, 5.41) is 0. The van der Waals surface area contributed by atoms with E-state index < -0.39 is 0 Å². The Morgan fingerprint density at radius 3 is 1.70 bits per heavy atom. The average molecular weight is 320 g/mol. The number of carbonyl (C=O) groups is 3. The van der Waals surface area contributed by atoms with E-state index in [0.29, 0.717) is 36.2 Å². The fourth-order valence-electron chi connectivity index (χ4n) is 7.51. The number of hydrogen-bond acceptors (Lipinski definition) is 6. The van der Waals surface area contributed by atoms with Gasteiger partial charge < -0.3 is 14.2 Å². The van der Waals surface area contributed by atoms with Crippen LogP contribution in [0.1, 0.15) is 6.92 Å². The number of methoxy groups -OCH3 is 2. The third-order valence-corrected chi connectivity index (χ3v) is 7.68. The number of hydrogen-bond donors (Lipinski definition) is 0. The summed E-state index contributed by atoms with van der Waals surface area (Å²) in [6, 6.07) is 0. The summed E-state index contributed by atoms with van der Waals surface area (Å²) in [5.74, 6) is 1.18. The van der Waals surface area contributed by atoms with Crippen molar-refractivity contribution in [1.29, 1.82) is 0 Å². The van der Waals surface area contributed by atoms with E-state index >= 15 is 0 Å². The Morgan fingerprint density at radius 2 is 1.30 bits per heavy atom. The zero-order valence-corrected chi connectivity index (χ0v) is 13.4. The molecule has 23 heavy (non-hydrogen) atoms. The second-order valence-corrected chi connectivity index (χ2v) is 7.88. The minimum Gasteiger partial charge on any atom is -0.469 e. The van der Waals surface area contributed by atoms with Gasteiger partial charge >= 0.3 is 17.9 Å². The van der Waals surface area contributed by atoms with Crippen molar-refractivity contribution < 1.29 is 28.6 Å². The predicted octanol–water partition coefficient (Wildman–Crippen LogP) is 0.496. The molecule has 6 aliphatic carbocycles. The van der Waals surface area contributed by atoms with Crippen LogP contribution in [0.5, 0.6) is 0 Å². The van der Waals surface area contributed by atoms with Crippen LogP contribution in [0.15, 0.2) is 0 Å². The van der Waals surface area contributed by atoms with Crippen LogP contribution < -0.4 is 0 Å². The third-order valence-electron chi connectivity index (χ3n) is 7.68. The van der Waals surface area contributed by atoms with Gasteiger partial charge in [-0.3, -0.25) is 14.4 Å². The minimum atomic E-state index is -0.383. The second kappa shape index (κ2) is 3.90. The quantitative estimate of drug-likeness (QED) is 0.554. The van der Waals surface area contributed by atoms with E-state index in [9.17, 15) is 14.4 Å². The molecule has 6 rings (SSSR count). The Bertz CT molecular complexity index is 599. The number of esters is 3. The number of fused-ring (bicyclic) bond motifs is 1. The normalized spacial score (nSPS) is 55.2. The smallest absolute Gasteiger partial charge is 0.309 e. The van der Waals surface area contributed by atoms with Crippen LogP contribution in [0, 0.1) is 58.7 Å². The van der Waals surface area contributed by atoms with Crippen molar-refractivity contribution in [3.63, 3.8) is 0 Å². The van der Waals surface area contributed by atoms with Gasteiger partial charge in [0.25, 0.3) is 0 Å². The van der Waals surface area contributed by atoms with Crippen LogP contribution in [-0.4, -0.2) is 38.7 Å². The highest BCUT2D eigenvalue weighted by molar-refractivity contribution is 5.85. The summed E-state index contributed by atoms with van der Waals surface area (Å²) in [4.78, 5) is 36.0. The van der Waals surface area contributed by atoms with E-state index in [4.69, 9.17) is 14.2 Å². The van der Waals surface area contributed by atoms with Crippen LogP contribution in [0.25, 0.3) is 0 Å². The molecule has 2 bridgehead atoms. The molecule has 0 radical (unpaired) electrons. The number of ether oxygens (including phenoxy) is 3. The van der Waals surface area contributed by atoms with Gasteiger partial charge in [-0.1, -0.05) is 0 Å². The van der Waals surface area contributed by atoms with Gasteiger partial charge in [0, 0.05) is 12.3 Å². The van der Waals surface area contributed by atoms with E-state index in [1.807, 2.05) is 0 Å². The maximum atomic E-state index is 12.4. The Balaban J connectivity index is 1.52. The molecule has 6 aliphatic rings. The highest BCUT2D eigenvalue weighted by Crippen LogP contribution is 2.98. The maximum Gasteiger partial charge on any atom is 0.309 e. The molecule has 6 fully saturated rings. The molecule has 0 aromatic carbocycles. The standard InChI is InChI=1S/C17H20O6/c1-5(18)23-4-17-12-6-7(12)9-11(16(20)22-3)10(15(19)21-2)8(6)13(17)14(9)17/h6-14H,4H2,1-3H3/t6-,7+,8-,9-,10+,11-,12?,13+,14-,17?/m1/s1. The largest absolute Gasteiger partial charge is 0.469 e. The molecule has 10 atom stereocenters. The van der Waals surface area contributed by atoms with E-state index in [2.05, 4.69) is 0 Å². The third kappa shape index (κ3) is 1.25. The first-order chi connectivity index (χ1) is 11.0. The molecule has 0 aromatic heterocycles. The Morgan fingerprint density at radius 1 is 0.826 bits per heavy atom. The number of rotatable bonds is 4. The van der Waals surface area contributed by atoms with E-state index in [1.54, 1.807) is 0 Å². The van der Waals surface area contributed by atoms with Gasteiger partial charge in [0.2, 0.25) is 0 Å². The van der Waals surface area contributed by atoms with Crippen molar-refractivity contribution in [2.75, 3.05) is 20.8 Å². The molecular formula is C17H20O6. The van der Waals surface area contributed by atoms with Crippen LogP contribution >= 0.6 is 0 Å². The van der Waals surface area contributed by atoms with Gasteiger partial charge in [-0.2, -0.15) is 0 Å². The van der Waals surface area contributed by atoms with Crippen molar-refractivity contribution in [3.8, 4) is 0 Å². The maximum absolute atomic E-state index is 12.4. The topological polar surface area (TPSA) is 78.9 Å². The fraction of sp³-hybridized carbons (Fsp3) is 0.824. The van der Waals surface area contributed by atoms with Gasteiger partial charge in [-0.05, 0) is 41.4 Å². The highest BCUT2D eigenvalue weighted by atomic mass is 16.5. The summed E-state index contributed by atoms with van der Waals surface area (Å²) in [7, 11) is 2.77. The Kier molecular flexibility index (Phi) is 2.34. The van der Waals surface area contributed by atoms with Crippen molar-refractivity contribution in [2.24, 2.45) is 58.7 Å². The zero-order valence-electron chi connectivity index (χ0n) is 13.4. The molecule has 0 heterocycles. The van der Waals surface area contributed by atoms with Crippen molar-refractivity contribution in [3.05, 3.63) is 0 Å². The van der Waals surface area contributed by atoms with Gasteiger partial charge in [0.1, 0.15) is 0 Å². The molecule has 6 heteroatoms. The molecule has 0 amide bonds. The van der Waals surface area contributed by atoms with E-state index in [1.165, 1.54) is 21.1 Å². The molecular weight excluding hydrogens is 300 g/mol. The van der Waals surface area contributed by atoms with Gasteiger partial charge in [0.15, 0.2) is 0 Å². The molecule has 2 unspecified atom stereocenters. The van der Waals surface area contributed by atoms with Crippen molar-refractivity contribution >= 4 is 17.9 Å². The fourth-order valence-corrected chi connectivity index (χ4v) is 7.51. The predicted molar refractivity (Wildman–Crippen MR) is 74.5 cm³/mol. The molecule has 124 valence electrons. The monoisotopic (exact) mass is 320 g/mol. The first-order valence-corrected chi connectivity index (χ1v) is 8.29. The summed E-state index contributed by atoms with van der Waals surface area (Å²) < 4.78 is 15.4. The first kappa shape index (κ1) is 13.8. The molecule has 0 N–H and O–H groups in total. The SMILES string of the molecule is COC(=O)[C@@H]1[C@H](C(=O)OC)[C@H]2[C@H]3C4[C@H]3[C@H]1[C@H]1[C@@H]2C41COC(C)=O. The highest BCUT2D eigenvalue weighted by Gasteiger charge is 2.98. The number of carbonyl (C=O) groups excluding carboxylic acids is 3. The van der Waals surface area contributed by atoms with Crippen molar-refractivity contribution in [2.45, 2.75) is 6.92 Å². The molecule has 0 aliphatic heterocycles. The van der Waals surface area contributed by atoms with Crippen LogP contribution in [0.2, 0.25) is 0 Å². The lowest BCUT2D eigenvalue weighted by atomic mass is 9.58. The average Bonchev–Trinajstić information content (AvgIpc) is 3.39. The van der Waals surface area contributed by atoms with Crippen molar-refractivity contribution in [1.82, 2.24) is 0 Å². The molecule has 0 spiro atoms. The lowest BCUT2D eigenvalue weighted by Crippen LogP contribution is -2.51. The lowest BCUT2D eigenvalue weighted by Gasteiger charge is -2.44. The summed E-state index contributed by atoms with van der Waals surface area (Å²) in [6.07, 6.45) is 0. The van der Waals surface area contributed by atoms with Gasteiger partial charge in [-0.25, -0.2) is 0 Å². The van der Waals surface area contributed by atoms with Crippen LogP contribution in [0.4, 0.5) is 0 Å². The first-order valence-electron chi connectivity index (χ1n) is 8.29. The van der Waals surface area contributed by atoms with E-state index in [0.717, 1.165) is 0 Å².